The fourth-order valence-corrected chi connectivity index (χ4v) is 1.95. The van der Waals surface area contributed by atoms with Crippen LogP contribution < -0.4 is 5.73 Å². The summed E-state index contributed by atoms with van der Waals surface area (Å²) in [6, 6.07) is 17.9. The molecule has 0 amide bonds. The van der Waals surface area contributed by atoms with Crippen LogP contribution in [0.2, 0.25) is 0 Å². The van der Waals surface area contributed by atoms with E-state index in [0.717, 1.165) is 16.7 Å². The van der Waals surface area contributed by atoms with Crippen LogP contribution in [0.4, 0.5) is 0 Å². The van der Waals surface area contributed by atoms with E-state index in [2.05, 4.69) is 0 Å². The minimum Gasteiger partial charge on any atom is -0.480 e. The first kappa shape index (κ1) is 15.9. The molecule has 0 bridgehead atoms. The molecular formula is C16H19NO3. The van der Waals surface area contributed by atoms with Crippen LogP contribution in [0.5, 0.6) is 0 Å². The van der Waals surface area contributed by atoms with Gasteiger partial charge in [-0.15, -0.1) is 0 Å². The second kappa shape index (κ2) is 6.32. The molecule has 20 heavy (non-hydrogen) atoms. The molecule has 0 aliphatic heterocycles. The molecule has 106 valence electrons. The third-order valence-electron chi connectivity index (χ3n) is 3.12. The fourth-order valence-electron chi connectivity index (χ4n) is 1.95. The van der Waals surface area contributed by atoms with Crippen molar-refractivity contribution in [2.75, 3.05) is 0 Å². The summed E-state index contributed by atoms with van der Waals surface area (Å²) in [5, 5.41) is 9.01. The number of carbonyl (C=O) groups is 1. The van der Waals surface area contributed by atoms with E-state index in [9.17, 15) is 4.79 Å². The molecule has 0 saturated carbocycles. The summed E-state index contributed by atoms with van der Waals surface area (Å²) in [6.07, 6.45) is 0.317. The van der Waals surface area contributed by atoms with Crippen molar-refractivity contribution in [3.63, 3.8) is 0 Å². The Labute approximate surface area is 118 Å². The maximum absolute atomic E-state index is 11.0. The highest BCUT2D eigenvalue weighted by atomic mass is 16.4. The van der Waals surface area contributed by atoms with Crippen molar-refractivity contribution in [2.45, 2.75) is 18.9 Å². The van der Waals surface area contributed by atoms with Gasteiger partial charge in [-0.2, -0.15) is 0 Å². The molecule has 0 aliphatic carbocycles. The number of benzene rings is 2. The first-order valence-corrected chi connectivity index (χ1v) is 6.16. The second-order valence-electron chi connectivity index (χ2n) is 4.96. The van der Waals surface area contributed by atoms with Crippen molar-refractivity contribution in [1.82, 2.24) is 0 Å². The molecule has 4 heteroatoms. The summed E-state index contributed by atoms with van der Waals surface area (Å²) < 4.78 is 0. The first-order chi connectivity index (χ1) is 8.99. The topological polar surface area (TPSA) is 94.8 Å². The normalized spacial score (nSPS) is 13.1. The lowest BCUT2D eigenvalue weighted by molar-refractivity contribution is -0.142. The molecule has 0 unspecified atom stereocenters. The second-order valence-corrected chi connectivity index (χ2v) is 4.96. The number of hydrogen-bond donors (Lipinski definition) is 2. The minimum absolute atomic E-state index is 0. The van der Waals surface area contributed by atoms with Crippen LogP contribution >= 0.6 is 0 Å². The van der Waals surface area contributed by atoms with E-state index in [0.29, 0.717) is 6.42 Å². The van der Waals surface area contributed by atoms with Crippen LogP contribution in [-0.2, 0) is 11.2 Å². The summed E-state index contributed by atoms with van der Waals surface area (Å²) in [4.78, 5) is 11.0. The predicted molar refractivity (Wildman–Crippen MR) is 79.4 cm³/mol. The van der Waals surface area contributed by atoms with Gasteiger partial charge in [0.25, 0.3) is 0 Å². The highest BCUT2D eigenvalue weighted by molar-refractivity contribution is 5.78. The van der Waals surface area contributed by atoms with Crippen LogP contribution in [0, 0.1) is 0 Å². The molecule has 1 atom stereocenters. The summed E-state index contributed by atoms with van der Waals surface area (Å²) >= 11 is 0. The SMILES string of the molecule is C[C@](N)(Cc1ccc(-c2ccccc2)cc1)C(=O)O.O. The average Bonchev–Trinajstić information content (AvgIpc) is 2.40. The zero-order valence-electron chi connectivity index (χ0n) is 11.3. The standard InChI is InChI=1S/C16H17NO2.H2O/c1-16(17,15(18)19)11-12-7-9-14(10-8-12)13-5-3-2-4-6-13;/h2-10H,11,17H2,1H3,(H,18,19);1H2/t16-;/m0./s1. The zero-order valence-corrected chi connectivity index (χ0v) is 11.3. The van der Waals surface area contributed by atoms with E-state index < -0.39 is 11.5 Å². The molecule has 2 aromatic carbocycles. The maximum atomic E-state index is 11.0. The van der Waals surface area contributed by atoms with Gasteiger partial charge >= 0.3 is 5.97 Å². The van der Waals surface area contributed by atoms with Crippen molar-refractivity contribution < 1.29 is 15.4 Å². The lowest BCUT2D eigenvalue weighted by atomic mass is 9.93. The van der Waals surface area contributed by atoms with Crippen LogP contribution in [-0.4, -0.2) is 22.1 Å². The number of hydrogen-bond acceptors (Lipinski definition) is 2. The summed E-state index contributed by atoms with van der Waals surface area (Å²) in [5.41, 5.74) is 7.69. The molecule has 0 fully saturated rings. The van der Waals surface area contributed by atoms with Gasteiger partial charge in [-0.25, -0.2) is 0 Å². The van der Waals surface area contributed by atoms with Crippen LogP contribution in [0.15, 0.2) is 54.6 Å². The van der Waals surface area contributed by atoms with Crippen molar-refractivity contribution in [3.05, 3.63) is 60.2 Å². The Balaban J connectivity index is 0.00000200. The van der Waals surface area contributed by atoms with Crippen LogP contribution in [0.3, 0.4) is 0 Å². The molecule has 0 saturated heterocycles. The van der Waals surface area contributed by atoms with Gasteiger partial charge < -0.3 is 16.3 Å². The highest BCUT2D eigenvalue weighted by Gasteiger charge is 2.27. The molecule has 0 heterocycles. The molecule has 0 aliphatic rings. The Morgan fingerprint density at radius 2 is 1.55 bits per heavy atom. The van der Waals surface area contributed by atoms with Gasteiger partial charge in [0.05, 0.1) is 0 Å². The first-order valence-electron chi connectivity index (χ1n) is 6.16. The summed E-state index contributed by atoms with van der Waals surface area (Å²) in [5.74, 6) is -0.986. The van der Waals surface area contributed by atoms with Crippen molar-refractivity contribution in [2.24, 2.45) is 5.73 Å². The van der Waals surface area contributed by atoms with E-state index in [1.165, 1.54) is 6.92 Å². The Hall–Kier alpha value is -2.17. The average molecular weight is 273 g/mol. The molecule has 0 radical (unpaired) electrons. The predicted octanol–water partition coefficient (Wildman–Crippen LogP) is 1.87. The van der Waals surface area contributed by atoms with E-state index in [1.807, 2.05) is 54.6 Å². The molecular weight excluding hydrogens is 254 g/mol. The van der Waals surface area contributed by atoms with Gasteiger partial charge in [-0.3, -0.25) is 4.79 Å². The molecule has 5 N–H and O–H groups in total. The van der Waals surface area contributed by atoms with E-state index in [1.54, 1.807) is 0 Å². The quantitative estimate of drug-likeness (QED) is 0.890. The third-order valence-corrected chi connectivity index (χ3v) is 3.12. The molecule has 2 aromatic rings. The number of rotatable bonds is 4. The number of carboxylic acid groups (broad SMARTS) is 1. The van der Waals surface area contributed by atoms with Gasteiger partial charge in [0.15, 0.2) is 0 Å². The summed E-state index contributed by atoms with van der Waals surface area (Å²) in [7, 11) is 0. The molecule has 4 nitrogen and oxygen atoms in total. The van der Waals surface area contributed by atoms with E-state index in [-0.39, 0.29) is 5.48 Å². The third kappa shape index (κ3) is 3.66. The van der Waals surface area contributed by atoms with E-state index in [4.69, 9.17) is 10.8 Å². The lowest BCUT2D eigenvalue weighted by Gasteiger charge is -2.19. The Morgan fingerprint density at radius 3 is 2.05 bits per heavy atom. The van der Waals surface area contributed by atoms with Crippen molar-refractivity contribution in [1.29, 1.82) is 0 Å². The van der Waals surface area contributed by atoms with E-state index >= 15 is 0 Å². The smallest absolute Gasteiger partial charge is 0.323 e. The van der Waals surface area contributed by atoms with Crippen molar-refractivity contribution >= 4 is 5.97 Å². The lowest BCUT2D eigenvalue weighted by Crippen LogP contribution is -2.46. The Kier molecular flexibility index (Phi) is 5.02. The minimum atomic E-state index is -1.23. The highest BCUT2D eigenvalue weighted by Crippen LogP contribution is 2.20. The fraction of sp³-hybridized carbons (Fsp3) is 0.188. The Bertz CT molecular complexity index is 562. The number of aliphatic carboxylic acids is 1. The molecule has 2 rings (SSSR count). The van der Waals surface area contributed by atoms with Gasteiger partial charge in [0, 0.05) is 6.42 Å². The van der Waals surface area contributed by atoms with Gasteiger partial charge in [0.1, 0.15) is 5.54 Å². The van der Waals surface area contributed by atoms with Gasteiger partial charge in [-0.1, -0.05) is 54.6 Å². The molecule has 0 aromatic heterocycles. The van der Waals surface area contributed by atoms with Gasteiger partial charge in [-0.05, 0) is 23.6 Å². The van der Waals surface area contributed by atoms with Gasteiger partial charge in [0.2, 0.25) is 0 Å². The Morgan fingerprint density at radius 1 is 1.05 bits per heavy atom. The zero-order chi connectivity index (χ0) is 13.9. The maximum Gasteiger partial charge on any atom is 0.323 e. The summed E-state index contributed by atoms with van der Waals surface area (Å²) in [6.45, 7) is 1.53. The number of nitrogens with two attached hydrogens (primary N) is 1. The van der Waals surface area contributed by atoms with Crippen LogP contribution in [0.1, 0.15) is 12.5 Å². The molecule has 0 spiro atoms. The monoisotopic (exact) mass is 273 g/mol. The number of carboxylic acids is 1. The van der Waals surface area contributed by atoms with Crippen molar-refractivity contribution in [3.8, 4) is 11.1 Å². The largest absolute Gasteiger partial charge is 0.480 e. The van der Waals surface area contributed by atoms with Crippen LogP contribution in [0.25, 0.3) is 11.1 Å².